The van der Waals surface area contributed by atoms with Crippen molar-refractivity contribution < 1.29 is 14.3 Å². The van der Waals surface area contributed by atoms with Gasteiger partial charge in [0.25, 0.3) is 0 Å². The molecule has 0 bridgehead atoms. The molecule has 1 heterocycles. The Morgan fingerprint density at radius 2 is 2.12 bits per heavy atom. The van der Waals surface area contributed by atoms with Crippen LogP contribution in [0.5, 0.6) is 5.75 Å². The van der Waals surface area contributed by atoms with Crippen molar-refractivity contribution in [3.8, 4) is 5.75 Å². The van der Waals surface area contributed by atoms with E-state index in [4.69, 9.17) is 9.47 Å². The summed E-state index contributed by atoms with van der Waals surface area (Å²) >= 11 is 2.29. The summed E-state index contributed by atoms with van der Waals surface area (Å²) in [5.74, 6) is 0.950. The number of rotatable bonds is 6. The zero-order valence-corrected chi connectivity index (χ0v) is 17.5. The van der Waals surface area contributed by atoms with Crippen molar-refractivity contribution in [3.63, 3.8) is 0 Å². The Balaban J connectivity index is 1.67. The Morgan fingerprint density at radius 1 is 1.36 bits per heavy atom. The number of nitrogens with one attached hydrogen (secondary N) is 1. The first-order chi connectivity index (χ1) is 11.8. The van der Waals surface area contributed by atoms with Gasteiger partial charge in [0, 0.05) is 19.1 Å². The summed E-state index contributed by atoms with van der Waals surface area (Å²) in [5.41, 5.74) is -0.454. The standard InChI is InChI=1S/C19H29IN2O3/c1-19(2,3)25-18(23)21-15-8-6-11-22(14-15)12-7-13-24-17-10-5-4-9-16(17)20/h4-5,9-10,15H,6-8,11-14H2,1-3H3,(H,21,23). The number of benzene rings is 1. The molecular weight excluding hydrogens is 431 g/mol. The maximum absolute atomic E-state index is 11.9. The van der Waals surface area contributed by atoms with Crippen molar-refractivity contribution in [1.29, 1.82) is 0 Å². The third-order valence-corrected chi connectivity index (χ3v) is 4.83. The molecule has 25 heavy (non-hydrogen) atoms. The number of halogens is 1. The minimum absolute atomic E-state index is 0.166. The molecule has 1 fully saturated rings. The molecule has 1 amide bonds. The number of carbonyl (C=O) groups is 1. The normalized spacial score (nSPS) is 18.6. The summed E-state index contributed by atoms with van der Waals surface area (Å²) in [6.45, 7) is 9.29. The zero-order valence-electron chi connectivity index (χ0n) is 15.4. The monoisotopic (exact) mass is 460 g/mol. The van der Waals surface area contributed by atoms with Crippen LogP contribution in [0.15, 0.2) is 24.3 Å². The van der Waals surface area contributed by atoms with E-state index in [-0.39, 0.29) is 12.1 Å². The molecule has 0 aromatic heterocycles. The average Bonchev–Trinajstić information content (AvgIpc) is 2.51. The first-order valence-electron chi connectivity index (χ1n) is 8.93. The second-order valence-corrected chi connectivity index (χ2v) is 8.58. The summed E-state index contributed by atoms with van der Waals surface area (Å²) in [4.78, 5) is 14.3. The van der Waals surface area contributed by atoms with Gasteiger partial charge in [0.1, 0.15) is 11.4 Å². The molecule has 1 unspecified atom stereocenters. The van der Waals surface area contributed by atoms with Gasteiger partial charge in [-0.2, -0.15) is 0 Å². The smallest absolute Gasteiger partial charge is 0.407 e. The number of amides is 1. The van der Waals surface area contributed by atoms with Gasteiger partial charge in [-0.1, -0.05) is 12.1 Å². The maximum atomic E-state index is 11.9. The quantitative estimate of drug-likeness (QED) is 0.514. The molecule has 5 nitrogen and oxygen atoms in total. The number of para-hydroxylation sites is 1. The number of piperidine rings is 1. The van der Waals surface area contributed by atoms with E-state index in [1.165, 1.54) is 0 Å². The van der Waals surface area contributed by atoms with E-state index in [0.717, 1.165) is 48.2 Å². The fourth-order valence-electron chi connectivity index (χ4n) is 2.88. The summed E-state index contributed by atoms with van der Waals surface area (Å²) in [7, 11) is 0. The lowest BCUT2D eigenvalue weighted by atomic mass is 10.1. The number of hydrogen-bond acceptors (Lipinski definition) is 4. The number of alkyl carbamates (subject to hydrolysis) is 1. The summed E-state index contributed by atoms with van der Waals surface area (Å²) < 4.78 is 12.3. The predicted molar refractivity (Wildman–Crippen MR) is 108 cm³/mol. The van der Waals surface area contributed by atoms with Gasteiger partial charge in [-0.25, -0.2) is 4.79 Å². The zero-order chi connectivity index (χ0) is 18.3. The number of likely N-dealkylation sites (tertiary alicyclic amines) is 1. The van der Waals surface area contributed by atoms with Crippen LogP contribution in [0.25, 0.3) is 0 Å². The van der Waals surface area contributed by atoms with Gasteiger partial charge in [0.15, 0.2) is 0 Å². The first kappa shape index (κ1) is 20.3. The molecule has 1 aliphatic rings. The van der Waals surface area contributed by atoms with Crippen molar-refractivity contribution in [2.75, 3.05) is 26.2 Å². The number of hydrogen-bond donors (Lipinski definition) is 1. The van der Waals surface area contributed by atoms with Crippen LogP contribution in [-0.4, -0.2) is 48.9 Å². The van der Waals surface area contributed by atoms with Gasteiger partial charge >= 0.3 is 6.09 Å². The van der Waals surface area contributed by atoms with Crippen molar-refractivity contribution in [3.05, 3.63) is 27.8 Å². The van der Waals surface area contributed by atoms with Crippen LogP contribution in [-0.2, 0) is 4.74 Å². The Hall–Kier alpha value is -1.02. The lowest BCUT2D eigenvalue weighted by Gasteiger charge is -2.33. The molecule has 1 aromatic carbocycles. The van der Waals surface area contributed by atoms with Crippen LogP contribution in [0.1, 0.15) is 40.0 Å². The summed E-state index contributed by atoms with van der Waals surface area (Å²) in [6, 6.07) is 8.23. The minimum Gasteiger partial charge on any atom is -0.492 e. The molecule has 0 spiro atoms. The van der Waals surface area contributed by atoms with Gasteiger partial charge < -0.3 is 19.7 Å². The van der Waals surface area contributed by atoms with Gasteiger partial charge in [0.2, 0.25) is 0 Å². The Bertz CT molecular complexity index is 560. The van der Waals surface area contributed by atoms with Crippen molar-refractivity contribution in [1.82, 2.24) is 10.2 Å². The third kappa shape index (κ3) is 7.81. The van der Waals surface area contributed by atoms with E-state index < -0.39 is 5.60 Å². The molecule has 1 atom stereocenters. The van der Waals surface area contributed by atoms with Gasteiger partial charge in [-0.05, 0) is 81.3 Å². The number of carbonyl (C=O) groups excluding carboxylic acids is 1. The summed E-state index contributed by atoms with van der Waals surface area (Å²) in [5, 5.41) is 2.99. The molecule has 1 aliphatic heterocycles. The molecule has 6 heteroatoms. The van der Waals surface area contributed by atoms with Crippen LogP contribution >= 0.6 is 22.6 Å². The largest absolute Gasteiger partial charge is 0.492 e. The molecule has 1 saturated heterocycles. The van der Waals surface area contributed by atoms with Crippen molar-refractivity contribution in [2.45, 2.75) is 51.7 Å². The minimum atomic E-state index is -0.454. The topological polar surface area (TPSA) is 50.8 Å². The number of ether oxygens (including phenoxy) is 2. The van der Waals surface area contributed by atoms with Crippen LogP contribution in [0, 0.1) is 3.57 Å². The maximum Gasteiger partial charge on any atom is 0.407 e. The predicted octanol–water partition coefficient (Wildman–Crippen LogP) is 4.05. The second-order valence-electron chi connectivity index (χ2n) is 7.42. The van der Waals surface area contributed by atoms with Crippen LogP contribution < -0.4 is 10.1 Å². The lowest BCUT2D eigenvalue weighted by Crippen LogP contribution is -2.49. The highest BCUT2D eigenvalue weighted by atomic mass is 127. The Morgan fingerprint density at radius 3 is 2.84 bits per heavy atom. The SMILES string of the molecule is CC(C)(C)OC(=O)NC1CCCN(CCCOc2ccccc2I)C1. The molecule has 0 aliphatic carbocycles. The highest BCUT2D eigenvalue weighted by molar-refractivity contribution is 14.1. The Labute approximate surface area is 164 Å². The second kappa shape index (κ2) is 9.62. The van der Waals surface area contributed by atoms with E-state index in [0.29, 0.717) is 6.61 Å². The van der Waals surface area contributed by atoms with Crippen LogP contribution in [0.4, 0.5) is 4.79 Å². The molecule has 1 aromatic rings. The van der Waals surface area contributed by atoms with Gasteiger partial charge in [-0.15, -0.1) is 0 Å². The number of nitrogens with zero attached hydrogens (tertiary/aromatic N) is 1. The van der Waals surface area contributed by atoms with Crippen molar-refractivity contribution >= 4 is 28.7 Å². The van der Waals surface area contributed by atoms with E-state index in [1.807, 2.05) is 45.0 Å². The molecule has 140 valence electrons. The summed E-state index contributed by atoms with van der Waals surface area (Å²) in [6.07, 6.45) is 2.76. The Kier molecular flexibility index (Phi) is 7.81. The molecule has 2 rings (SSSR count). The molecule has 0 saturated carbocycles. The van der Waals surface area contributed by atoms with Crippen molar-refractivity contribution in [2.24, 2.45) is 0 Å². The average molecular weight is 460 g/mol. The van der Waals surface area contributed by atoms with Gasteiger partial charge in [0.05, 0.1) is 10.2 Å². The van der Waals surface area contributed by atoms with E-state index >= 15 is 0 Å². The van der Waals surface area contributed by atoms with E-state index in [1.54, 1.807) is 0 Å². The molecule has 1 N–H and O–H groups in total. The van der Waals surface area contributed by atoms with E-state index in [2.05, 4.69) is 32.8 Å². The highest BCUT2D eigenvalue weighted by Crippen LogP contribution is 2.20. The fourth-order valence-corrected chi connectivity index (χ4v) is 3.43. The molecular formula is C19H29IN2O3. The lowest BCUT2D eigenvalue weighted by molar-refractivity contribution is 0.0471. The van der Waals surface area contributed by atoms with Crippen LogP contribution in [0.2, 0.25) is 0 Å². The van der Waals surface area contributed by atoms with E-state index in [9.17, 15) is 4.79 Å². The third-order valence-electron chi connectivity index (χ3n) is 3.94. The van der Waals surface area contributed by atoms with Gasteiger partial charge in [-0.3, -0.25) is 0 Å². The highest BCUT2D eigenvalue weighted by Gasteiger charge is 2.23. The molecule has 0 radical (unpaired) electrons. The van der Waals surface area contributed by atoms with Crippen LogP contribution in [0.3, 0.4) is 0 Å². The first-order valence-corrected chi connectivity index (χ1v) is 10.0. The fraction of sp³-hybridized carbons (Fsp3) is 0.632.